The van der Waals surface area contributed by atoms with E-state index in [1.54, 1.807) is 19.2 Å². The zero-order chi connectivity index (χ0) is 39.5. The minimum Gasteiger partial charge on any atom is -0.482 e. The molecule has 18 heteroatoms. The number of benzene rings is 2. The van der Waals surface area contributed by atoms with Gasteiger partial charge in [0.2, 0.25) is 5.91 Å². The largest absolute Gasteiger partial charge is 0.482 e. The highest BCUT2D eigenvalue weighted by Gasteiger charge is 2.32. The fourth-order valence-corrected chi connectivity index (χ4v) is 6.95. The van der Waals surface area contributed by atoms with Crippen LogP contribution >= 0.6 is 11.3 Å². The second-order valence-corrected chi connectivity index (χ2v) is 13.5. The summed E-state index contributed by atoms with van der Waals surface area (Å²) >= 11 is 1.13. The van der Waals surface area contributed by atoms with Crippen LogP contribution < -0.4 is 26.4 Å². The third-order valence-electron chi connectivity index (χ3n) is 8.43. The normalized spacial score (nSPS) is 14.5. The van der Waals surface area contributed by atoms with Crippen molar-refractivity contribution in [1.29, 1.82) is 0 Å². The van der Waals surface area contributed by atoms with Crippen LogP contribution in [0.5, 0.6) is 5.75 Å². The molecule has 2 heterocycles. The van der Waals surface area contributed by atoms with Gasteiger partial charge in [0.25, 0.3) is 5.91 Å². The van der Waals surface area contributed by atoms with Crippen LogP contribution in [0.3, 0.4) is 0 Å². The van der Waals surface area contributed by atoms with Crippen molar-refractivity contribution in [2.45, 2.75) is 56.5 Å². The molecule has 11 nitrogen and oxygen atoms in total. The van der Waals surface area contributed by atoms with Gasteiger partial charge in [-0.2, -0.15) is 26.3 Å². The molecule has 5 N–H and O–H groups in total. The molecule has 3 aromatic rings. The van der Waals surface area contributed by atoms with Crippen molar-refractivity contribution >= 4 is 50.6 Å². The average molecular weight is 786 g/mol. The van der Waals surface area contributed by atoms with Crippen LogP contribution in [-0.2, 0) is 25.5 Å². The molecule has 1 saturated heterocycles. The molecule has 2 aromatic carbocycles. The standard InChI is InChI=1S/C36H41F6N5O6S/c1-51-18-17-47-15-12-23(13-16-47)45-27-6-3-5-24-25(20-35(37,38)39)30(54-32(24)27)7-4-14-44-26-9-8-22(19-29(26)53-21-36(40,41)42)33(49)46-28(34(50)52-2)10-11-31(43)48/h3,5-6,8-9,19,23,28,44-45H,10-18,20-21H2,1-2H3,(H2,43,48)(H,46,49). The minimum atomic E-state index is -4.73. The van der Waals surface area contributed by atoms with Crippen LogP contribution in [0.25, 0.3) is 10.1 Å². The lowest BCUT2D eigenvalue weighted by Crippen LogP contribution is -2.42. The molecule has 1 aliphatic rings. The SMILES string of the molecule is COCCN1CCC(Nc2cccc3c(CC(F)(F)F)c(C#CCNc4ccc(C(=O)NC(CCC(N)=O)C(=O)OC)cc4OCC(F)(F)F)sc23)CC1. The van der Waals surface area contributed by atoms with E-state index in [4.69, 9.17) is 15.2 Å². The number of rotatable bonds is 16. The van der Waals surface area contributed by atoms with Gasteiger partial charge in [0.15, 0.2) is 6.61 Å². The van der Waals surface area contributed by atoms with Crippen LogP contribution in [0.4, 0.5) is 37.7 Å². The van der Waals surface area contributed by atoms with E-state index in [2.05, 4.69) is 37.4 Å². The molecule has 1 atom stereocenters. The Kier molecular flexibility index (Phi) is 14.8. The lowest BCUT2D eigenvalue weighted by atomic mass is 10.0. The maximum absolute atomic E-state index is 13.8. The molecule has 0 spiro atoms. The molecule has 1 aliphatic heterocycles. The van der Waals surface area contributed by atoms with Crippen molar-refractivity contribution in [3.8, 4) is 17.6 Å². The minimum absolute atomic E-state index is 0.00922. The van der Waals surface area contributed by atoms with E-state index in [-0.39, 0.29) is 52.9 Å². The van der Waals surface area contributed by atoms with Gasteiger partial charge in [-0.05, 0) is 54.5 Å². The summed E-state index contributed by atoms with van der Waals surface area (Å²) in [7, 11) is 2.72. The highest BCUT2D eigenvalue weighted by molar-refractivity contribution is 7.20. The van der Waals surface area contributed by atoms with Gasteiger partial charge in [-0.3, -0.25) is 9.59 Å². The Bertz CT molecular complexity index is 1830. The monoisotopic (exact) mass is 785 g/mol. The number of halogens is 6. The first-order chi connectivity index (χ1) is 25.6. The zero-order valence-corrected chi connectivity index (χ0v) is 30.4. The second kappa shape index (κ2) is 19.0. The Morgan fingerprint density at radius 2 is 1.78 bits per heavy atom. The van der Waals surface area contributed by atoms with Crippen molar-refractivity contribution in [2.75, 3.05) is 64.2 Å². The van der Waals surface area contributed by atoms with Crippen LogP contribution in [0.15, 0.2) is 36.4 Å². The molecule has 1 unspecified atom stereocenters. The third-order valence-corrected chi connectivity index (χ3v) is 9.63. The van der Waals surface area contributed by atoms with E-state index in [1.807, 2.05) is 6.07 Å². The fraction of sp³-hybridized carbons (Fsp3) is 0.472. The maximum atomic E-state index is 13.8. The number of methoxy groups -OCH3 is 2. The number of piperidine rings is 1. The number of ether oxygens (including phenoxy) is 3. The quantitative estimate of drug-likeness (QED) is 0.0845. The Labute approximate surface area is 311 Å². The predicted octanol–water partition coefficient (Wildman–Crippen LogP) is 5.47. The summed E-state index contributed by atoms with van der Waals surface area (Å²) in [6, 6.07) is 7.54. The van der Waals surface area contributed by atoms with Gasteiger partial charge in [-0.1, -0.05) is 24.0 Å². The van der Waals surface area contributed by atoms with E-state index in [0.717, 1.165) is 57.0 Å². The molecule has 0 radical (unpaired) electrons. The van der Waals surface area contributed by atoms with Crippen molar-refractivity contribution in [3.63, 3.8) is 0 Å². The highest BCUT2D eigenvalue weighted by atomic mass is 32.1. The Hall–Kier alpha value is -4.73. The summed E-state index contributed by atoms with van der Waals surface area (Å²) in [6.07, 6.45) is -9.18. The molecule has 54 heavy (non-hydrogen) atoms. The Balaban J connectivity index is 1.54. The van der Waals surface area contributed by atoms with Gasteiger partial charge in [-0.25, -0.2) is 4.79 Å². The molecular formula is C36H41F6N5O6S. The van der Waals surface area contributed by atoms with Gasteiger partial charge in [0, 0.05) is 44.8 Å². The number of alkyl halides is 6. The van der Waals surface area contributed by atoms with Crippen molar-refractivity contribution < 1.29 is 54.9 Å². The summed E-state index contributed by atoms with van der Waals surface area (Å²) in [5.74, 6) is 2.73. The molecule has 294 valence electrons. The van der Waals surface area contributed by atoms with Crippen molar-refractivity contribution in [2.24, 2.45) is 5.73 Å². The maximum Gasteiger partial charge on any atom is 0.422 e. The second-order valence-electron chi connectivity index (χ2n) is 12.5. The van der Waals surface area contributed by atoms with E-state index >= 15 is 0 Å². The zero-order valence-electron chi connectivity index (χ0n) is 29.5. The number of nitrogens with zero attached hydrogens (tertiary/aromatic N) is 1. The summed E-state index contributed by atoms with van der Waals surface area (Å²) in [4.78, 5) is 38.8. The van der Waals surface area contributed by atoms with E-state index in [0.29, 0.717) is 22.4 Å². The number of nitrogens with two attached hydrogens (primary N) is 1. The first-order valence-corrected chi connectivity index (χ1v) is 17.7. The van der Waals surface area contributed by atoms with Crippen LogP contribution in [-0.4, -0.2) is 101 Å². The van der Waals surface area contributed by atoms with Gasteiger partial charge in [0.1, 0.15) is 11.8 Å². The molecule has 1 aromatic heterocycles. The molecule has 0 bridgehead atoms. The Morgan fingerprint density at radius 1 is 1.04 bits per heavy atom. The van der Waals surface area contributed by atoms with E-state index in [9.17, 15) is 40.7 Å². The molecule has 1 fully saturated rings. The number of primary amides is 1. The number of amides is 2. The van der Waals surface area contributed by atoms with Crippen LogP contribution in [0.1, 0.15) is 46.5 Å². The molecule has 0 aliphatic carbocycles. The van der Waals surface area contributed by atoms with Crippen molar-refractivity contribution in [3.05, 3.63) is 52.4 Å². The van der Waals surface area contributed by atoms with Gasteiger partial charge in [0.05, 0.1) is 47.6 Å². The fourth-order valence-electron chi connectivity index (χ4n) is 5.77. The highest BCUT2D eigenvalue weighted by Crippen LogP contribution is 2.39. The lowest BCUT2D eigenvalue weighted by molar-refractivity contribution is -0.153. The number of fused-ring (bicyclic) bond motifs is 1. The average Bonchev–Trinajstić information content (AvgIpc) is 3.46. The smallest absolute Gasteiger partial charge is 0.422 e. The van der Waals surface area contributed by atoms with Crippen LogP contribution in [0, 0.1) is 11.8 Å². The molecular weight excluding hydrogens is 744 g/mol. The number of likely N-dealkylation sites (tertiary alicyclic amines) is 1. The van der Waals surface area contributed by atoms with Crippen LogP contribution in [0.2, 0.25) is 0 Å². The number of hydrogen-bond donors (Lipinski definition) is 4. The van der Waals surface area contributed by atoms with E-state index < -0.39 is 49.2 Å². The number of carbonyl (C=O) groups is 3. The number of anilines is 2. The third kappa shape index (κ3) is 12.7. The first-order valence-electron chi connectivity index (χ1n) is 16.9. The number of carbonyl (C=O) groups excluding carboxylic acids is 3. The van der Waals surface area contributed by atoms with Crippen molar-refractivity contribution in [1.82, 2.24) is 10.2 Å². The number of thiophene rings is 1. The summed E-state index contributed by atoms with van der Waals surface area (Å²) < 4.78 is 96.1. The van der Waals surface area contributed by atoms with Gasteiger partial charge < -0.3 is 40.8 Å². The lowest BCUT2D eigenvalue weighted by Gasteiger charge is -2.32. The van der Waals surface area contributed by atoms with Gasteiger partial charge in [-0.15, -0.1) is 11.3 Å². The molecule has 2 amide bonds. The van der Waals surface area contributed by atoms with Gasteiger partial charge >= 0.3 is 18.3 Å². The molecule has 0 saturated carbocycles. The number of hydrogen-bond acceptors (Lipinski definition) is 10. The number of esters is 1. The molecule has 4 rings (SSSR count). The number of nitrogens with one attached hydrogen (secondary N) is 3. The first kappa shape index (κ1) is 42.0. The summed E-state index contributed by atoms with van der Waals surface area (Å²) in [5, 5.41) is 9.11. The van der Waals surface area contributed by atoms with E-state index in [1.165, 1.54) is 12.1 Å². The summed E-state index contributed by atoms with van der Waals surface area (Å²) in [5.41, 5.74) is 5.70. The topological polar surface area (TPSA) is 144 Å². The Morgan fingerprint density at radius 3 is 2.43 bits per heavy atom. The predicted molar refractivity (Wildman–Crippen MR) is 192 cm³/mol. The summed E-state index contributed by atoms with van der Waals surface area (Å²) in [6.45, 7) is 1.26.